The number of carbonyl (C=O) groups is 1. The maximum Gasteiger partial charge on any atom is 0.416 e. The van der Waals surface area contributed by atoms with E-state index in [1.54, 1.807) is 12.1 Å². The fourth-order valence-electron chi connectivity index (χ4n) is 3.18. The molecule has 0 saturated carbocycles. The number of rotatable bonds is 3. The van der Waals surface area contributed by atoms with Gasteiger partial charge in [0.2, 0.25) is 0 Å². The molecule has 6 nitrogen and oxygen atoms in total. The van der Waals surface area contributed by atoms with Gasteiger partial charge in [-0.3, -0.25) is 5.10 Å². The highest BCUT2D eigenvalue weighted by molar-refractivity contribution is 6.02. The van der Waals surface area contributed by atoms with E-state index >= 15 is 0 Å². The molecule has 0 aliphatic carbocycles. The van der Waals surface area contributed by atoms with Gasteiger partial charge in [-0.15, -0.1) is 0 Å². The minimum absolute atomic E-state index is 0.00636. The van der Waals surface area contributed by atoms with Crippen LogP contribution in [0.5, 0.6) is 0 Å². The van der Waals surface area contributed by atoms with Crippen molar-refractivity contribution in [3.05, 3.63) is 72.0 Å². The number of hydrogen-bond donors (Lipinski definition) is 4. The first-order valence-corrected chi connectivity index (χ1v) is 9.00. The summed E-state index contributed by atoms with van der Waals surface area (Å²) >= 11 is 0. The van der Waals surface area contributed by atoms with Gasteiger partial charge in [0, 0.05) is 16.9 Å². The Balaban J connectivity index is 1.52. The number of nitrogen functional groups attached to an aromatic ring is 1. The number of H-pyrrole nitrogens is 1. The predicted molar refractivity (Wildman–Crippen MR) is 110 cm³/mol. The Morgan fingerprint density at radius 2 is 1.68 bits per heavy atom. The third-order valence-corrected chi connectivity index (χ3v) is 4.59. The number of fused-ring (bicyclic) bond motifs is 1. The number of amides is 2. The molecular formula is C21H15F4N5O. The number of aromatic amines is 1. The van der Waals surface area contributed by atoms with Gasteiger partial charge in [-0.25, -0.2) is 9.18 Å². The highest BCUT2D eigenvalue weighted by atomic mass is 19.4. The van der Waals surface area contributed by atoms with E-state index < -0.39 is 23.6 Å². The summed E-state index contributed by atoms with van der Waals surface area (Å²) < 4.78 is 52.8. The van der Waals surface area contributed by atoms with Crippen LogP contribution in [0.1, 0.15) is 5.56 Å². The molecule has 1 aromatic heterocycles. The Hall–Kier alpha value is -4.08. The van der Waals surface area contributed by atoms with Crippen molar-refractivity contribution in [1.82, 2.24) is 10.2 Å². The van der Waals surface area contributed by atoms with E-state index in [-0.39, 0.29) is 17.1 Å². The molecule has 10 heteroatoms. The van der Waals surface area contributed by atoms with Crippen LogP contribution >= 0.6 is 0 Å². The fraction of sp³-hybridized carbons (Fsp3) is 0.0476. The number of nitrogens with zero attached hydrogens (tertiary/aromatic N) is 1. The molecule has 0 unspecified atom stereocenters. The van der Waals surface area contributed by atoms with Gasteiger partial charge in [0.15, 0.2) is 5.82 Å². The number of nitrogens with one attached hydrogen (secondary N) is 3. The summed E-state index contributed by atoms with van der Waals surface area (Å²) in [7, 11) is 0. The first-order chi connectivity index (χ1) is 14.7. The van der Waals surface area contributed by atoms with Crippen molar-refractivity contribution in [2.24, 2.45) is 0 Å². The Kier molecular flexibility index (Phi) is 4.97. The minimum atomic E-state index is -4.51. The SMILES string of the molecule is Nc1n[nH]c2ccc(F)c(-c3ccc(NC(=O)Nc4cccc(C(F)(F)F)c4)cc3)c12. The molecule has 3 aromatic carbocycles. The van der Waals surface area contributed by atoms with Gasteiger partial charge in [-0.05, 0) is 48.0 Å². The Labute approximate surface area is 173 Å². The summed E-state index contributed by atoms with van der Waals surface area (Å²) in [5.74, 6) is -0.323. The molecule has 4 rings (SSSR count). The topological polar surface area (TPSA) is 95.8 Å². The average Bonchev–Trinajstić information content (AvgIpc) is 3.09. The summed E-state index contributed by atoms with van der Waals surface area (Å²) in [5.41, 5.74) is 6.69. The molecule has 0 aliphatic rings. The van der Waals surface area contributed by atoms with Gasteiger partial charge in [0.25, 0.3) is 0 Å². The molecule has 2 amide bonds. The zero-order valence-electron chi connectivity index (χ0n) is 15.7. The van der Waals surface area contributed by atoms with Crippen molar-refractivity contribution in [3.8, 4) is 11.1 Å². The van der Waals surface area contributed by atoms with Crippen LogP contribution in [0.15, 0.2) is 60.7 Å². The van der Waals surface area contributed by atoms with Gasteiger partial charge < -0.3 is 16.4 Å². The van der Waals surface area contributed by atoms with Crippen LogP contribution in [0, 0.1) is 5.82 Å². The van der Waals surface area contributed by atoms with Crippen LogP contribution in [-0.2, 0) is 6.18 Å². The molecular weight excluding hydrogens is 414 g/mol. The molecule has 5 N–H and O–H groups in total. The van der Waals surface area contributed by atoms with E-state index in [1.165, 1.54) is 36.4 Å². The summed E-state index contributed by atoms with van der Waals surface area (Å²) in [5, 5.41) is 11.9. The van der Waals surface area contributed by atoms with E-state index in [0.717, 1.165) is 12.1 Å². The summed E-state index contributed by atoms with van der Waals surface area (Å²) in [4.78, 5) is 12.1. The van der Waals surface area contributed by atoms with Gasteiger partial charge in [0.05, 0.1) is 16.5 Å². The number of aromatic nitrogens is 2. The van der Waals surface area contributed by atoms with Gasteiger partial charge >= 0.3 is 12.2 Å². The number of alkyl halides is 3. The molecule has 0 saturated heterocycles. The van der Waals surface area contributed by atoms with Crippen LogP contribution in [0.3, 0.4) is 0 Å². The van der Waals surface area contributed by atoms with Crippen LogP contribution in [-0.4, -0.2) is 16.2 Å². The molecule has 1 heterocycles. The van der Waals surface area contributed by atoms with Crippen LogP contribution in [0.4, 0.5) is 39.5 Å². The molecule has 0 fully saturated rings. The number of nitrogens with two attached hydrogens (primary N) is 1. The third kappa shape index (κ3) is 4.13. The number of carbonyl (C=O) groups excluding carboxylic acids is 1. The quantitative estimate of drug-likeness (QED) is 0.319. The van der Waals surface area contributed by atoms with E-state index in [1.807, 2.05) is 0 Å². The highest BCUT2D eigenvalue weighted by Gasteiger charge is 2.30. The molecule has 158 valence electrons. The fourth-order valence-corrected chi connectivity index (χ4v) is 3.18. The third-order valence-electron chi connectivity index (χ3n) is 4.59. The van der Waals surface area contributed by atoms with Crippen LogP contribution in [0.25, 0.3) is 22.0 Å². The number of urea groups is 1. The van der Waals surface area contributed by atoms with Crippen LogP contribution in [0.2, 0.25) is 0 Å². The first kappa shape index (κ1) is 20.2. The molecule has 4 aromatic rings. The predicted octanol–water partition coefficient (Wildman–Crippen LogP) is 5.61. The van der Waals surface area contributed by atoms with Crippen molar-refractivity contribution in [2.75, 3.05) is 16.4 Å². The number of anilines is 3. The van der Waals surface area contributed by atoms with Gasteiger partial charge in [0.1, 0.15) is 5.82 Å². The second-order valence-corrected chi connectivity index (χ2v) is 6.69. The van der Waals surface area contributed by atoms with E-state index in [4.69, 9.17) is 5.73 Å². The van der Waals surface area contributed by atoms with Crippen molar-refractivity contribution in [1.29, 1.82) is 0 Å². The average molecular weight is 429 g/mol. The van der Waals surface area contributed by atoms with Gasteiger partial charge in [-0.2, -0.15) is 18.3 Å². The molecule has 31 heavy (non-hydrogen) atoms. The molecule has 0 atom stereocenters. The lowest BCUT2D eigenvalue weighted by Gasteiger charge is -2.11. The number of benzene rings is 3. The zero-order valence-corrected chi connectivity index (χ0v) is 15.7. The summed E-state index contributed by atoms with van der Waals surface area (Å²) in [6, 6.07) is 12.6. The lowest BCUT2D eigenvalue weighted by atomic mass is 10.0. The summed E-state index contributed by atoms with van der Waals surface area (Å²) in [6.45, 7) is 0. The summed E-state index contributed by atoms with van der Waals surface area (Å²) in [6.07, 6.45) is -4.51. The van der Waals surface area contributed by atoms with Crippen LogP contribution < -0.4 is 16.4 Å². The largest absolute Gasteiger partial charge is 0.416 e. The second kappa shape index (κ2) is 7.63. The normalized spacial score (nSPS) is 11.5. The van der Waals surface area contributed by atoms with Crippen molar-refractivity contribution >= 4 is 34.1 Å². The van der Waals surface area contributed by atoms with E-state index in [0.29, 0.717) is 22.2 Å². The lowest BCUT2D eigenvalue weighted by Crippen LogP contribution is -2.19. The number of halogens is 4. The lowest BCUT2D eigenvalue weighted by molar-refractivity contribution is -0.137. The first-order valence-electron chi connectivity index (χ1n) is 9.00. The van der Waals surface area contributed by atoms with Gasteiger partial charge in [-0.1, -0.05) is 18.2 Å². The van der Waals surface area contributed by atoms with Crippen molar-refractivity contribution < 1.29 is 22.4 Å². The van der Waals surface area contributed by atoms with Crippen molar-refractivity contribution in [2.45, 2.75) is 6.18 Å². The zero-order chi connectivity index (χ0) is 22.2. The molecule has 0 radical (unpaired) electrons. The second-order valence-electron chi connectivity index (χ2n) is 6.69. The van der Waals surface area contributed by atoms with E-state index in [2.05, 4.69) is 20.8 Å². The smallest absolute Gasteiger partial charge is 0.382 e. The standard InChI is InChI=1S/C21H15F4N5O/c22-15-8-9-16-18(19(26)30-29-16)17(15)11-4-6-13(7-5-11)27-20(31)28-14-3-1-2-12(10-14)21(23,24)25/h1-10H,(H3,26,29,30)(H2,27,28,31). The van der Waals surface area contributed by atoms with E-state index in [9.17, 15) is 22.4 Å². The highest BCUT2D eigenvalue weighted by Crippen LogP contribution is 2.34. The minimum Gasteiger partial charge on any atom is -0.382 e. The van der Waals surface area contributed by atoms with Crippen molar-refractivity contribution in [3.63, 3.8) is 0 Å². The Morgan fingerprint density at radius 1 is 0.968 bits per heavy atom. The molecule has 0 bridgehead atoms. The Morgan fingerprint density at radius 3 is 2.39 bits per heavy atom. The Bertz CT molecular complexity index is 1270. The molecule has 0 aliphatic heterocycles. The number of hydrogen-bond acceptors (Lipinski definition) is 3. The monoisotopic (exact) mass is 429 g/mol. The maximum atomic E-state index is 14.5. The maximum absolute atomic E-state index is 14.5. The molecule has 0 spiro atoms.